The van der Waals surface area contributed by atoms with E-state index < -0.39 is 10.1 Å². The van der Waals surface area contributed by atoms with Crippen molar-refractivity contribution < 1.29 is 18.1 Å². The van der Waals surface area contributed by atoms with Gasteiger partial charge in [0.1, 0.15) is 0 Å². The summed E-state index contributed by atoms with van der Waals surface area (Å²) in [6, 6.07) is 5.38. The van der Waals surface area contributed by atoms with Crippen molar-refractivity contribution in [3.63, 3.8) is 0 Å². The molecule has 1 aromatic carbocycles. The van der Waals surface area contributed by atoms with Crippen LogP contribution >= 0.6 is 23.6 Å². The first-order valence-corrected chi connectivity index (χ1v) is 7.10. The zero-order valence-corrected chi connectivity index (χ0v) is 10.7. The molecule has 2 aromatic rings. The molecule has 1 aromatic heterocycles. The zero-order valence-electron chi connectivity index (χ0n) is 8.27. The van der Waals surface area contributed by atoms with Gasteiger partial charge in [-0.1, -0.05) is 0 Å². The van der Waals surface area contributed by atoms with Crippen molar-refractivity contribution in [3.05, 3.63) is 33.6 Å². The third kappa shape index (κ3) is 2.39. The van der Waals surface area contributed by atoms with Gasteiger partial charge < -0.3 is 5.11 Å². The summed E-state index contributed by atoms with van der Waals surface area (Å²) < 4.78 is 32.4. The molecule has 1 heterocycles. The second-order valence-corrected chi connectivity index (χ2v) is 6.09. The summed E-state index contributed by atoms with van der Waals surface area (Å²) in [5.41, 5.74) is 0.529. The normalized spacial score (nSPS) is 11.6. The van der Waals surface area contributed by atoms with Gasteiger partial charge in [-0.15, -0.1) is 11.3 Å². The van der Waals surface area contributed by atoms with Crippen molar-refractivity contribution in [2.45, 2.75) is 4.90 Å². The Bertz CT molecular complexity index is 697. The highest BCUT2D eigenvalue weighted by Gasteiger charge is 2.10. The number of hydrogen-bond donors (Lipinski definition) is 2. The van der Waals surface area contributed by atoms with Gasteiger partial charge in [-0.25, -0.2) is 0 Å². The SMILES string of the molecule is O=S(=O)(O)c1ccc(-n2c(O)csc2=S)cc1. The van der Waals surface area contributed by atoms with E-state index in [0.717, 1.165) is 0 Å². The fraction of sp³-hybridized carbons (Fsp3) is 0. The lowest BCUT2D eigenvalue weighted by molar-refractivity contribution is 0.442. The molecule has 90 valence electrons. The monoisotopic (exact) mass is 289 g/mol. The minimum absolute atomic E-state index is 0.0143. The summed E-state index contributed by atoms with van der Waals surface area (Å²) in [6.45, 7) is 0. The highest BCUT2D eigenvalue weighted by Crippen LogP contribution is 2.23. The predicted octanol–water partition coefficient (Wildman–Crippen LogP) is 2.22. The minimum Gasteiger partial charge on any atom is -0.494 e. The number of aromatic hydroxyl groups is 1. The van der Waals surface area contributed by atoms with Gasteiger partial charge in [0.25, 0.3) is 10.1 Å². The molecule has 0 fully saturated rings. The van der Waals surface area contributed by atoms with Gasteiger partial charge in [0.05, 0.1) is 16.0 Å². The number of benzene rings is 1. The smallest absolute Gasteiger partial charge is 0.294 e. The van der Waals surface area contributed by atoms with Crippen LogP contribution in [-0.2, 0) is 10.1 Å². The van der Waals surface area contributed by atoms with Crippen molar-refractivity contribution in [1.29, 1.82) is 0 Å². The molecule has 0 radical (unpaired) electrons. The van der Waals surface area contributed by atoms with Crippen molar-refractivity contribution in [1.82, 2.24) is 4.57 Å². The lowest BCUT2D eigenvalue weighted by Crippen LogP contribution is -1.99. The maximum atomic E-state index is 10.8. The van der Waals surface area contributed by atoms with Crippen molar-refractivity contribution in [2.75, 3.05) is 0 Å². The van der Waals surface area contributed by atoms with Crippen LogP contribution in [0.2, 0.25) is 0 Å². The Hall–Kier alpha value is -1.22. The highest BCUT2D eigenvalue weighted by molar-refractivity contribution is 7.85. The van der Waals surface area contributed by atoms with E-state index in [1.165, 1.54) is 45.5 Å². The Labute approximate surface area is 106 Å². The van der Waals surface area contributed by atoms with Crippen LogP contribution in [0.15, 0.2) is 34.5 Å². The average molecular weight is 289 g/mol. The fourth-order valence-electron chi connectivity index (χ4n) is 1.31. The van der Waals surface area contributed by atoms with Gasteiger partial charge in [-0.3, -0.25) is 9.12 Å². The molecule has 0 unspecified atom stereocenters. The fourth-order valence-corrected chi connectivity index (χ4v) is 2.75. The molecule has 17 heavy (non-hydrogen) atoms. The highest BCUT2D eigenvalue weighted by atomic mass is 32.2. The number of hydrogen-bond acceptors (Lipinski definition) is 5. The van der Waals surface area contributed by atoms with E-state index in [0.29, 0.717) is 9.64 Å². The van der Waals surface area contributed by atoms with E-state index in [1.54, 1.807) is 0 Å². The third-order valence-corrected chi connectivity index (χ3v) is 4.12. The lowest BCUT2D eigenvalue weighted by Gasteiger charge is -2.04. The van der Waals surface area contributed by atoms with E-state index in [9.17, 15) is 13.5 Å². The molecule has 0 amide bonds. The Balaban J connectivity index is 2.54. The zero-order chi connectivity index (χ0) is 12.6. The first-order chi connectivity index (χ1) is 7.89. The van der Waals surface area contributed by atoms with Gasteiger partial charge >= 0.3 is 0 Å². The molecule has 0 saturated carbocycles. The van der Waals surface area contributed by atoms with Crippen LogP contribution in [-0.4, -0.2) is 22.6 Å². The molecule has 2 rings (SSSR count). The second kappa shape index (κ2) is 4.22. The summed E-state index contributed by atoms with van der Waals surface area (Å²) in [6.07, 6.45) is 0. The number of nitrogens with zero attached hydrogens (tertiary/aromatic N) is 1. The van der Waals surface area contributed by atoms with E-state index in [-0.39, 0.29) is 10.8 Å². The number of rotatable bonds is 2. The largest absolute Gasteiger partial charge is 0.494 e. The van der Waals surface area contributed by atoms with Crippen LogP contribution in [0.4, 0.5) is 0 Å². The summed E-state index contributed by atoms with van der Waals surface area (Å²) >= 11 is 6.21. The quantitative estimate of drug-likeness (QED) is 0.654. The van der Waals surface area contributed by atoms with Crippen molar-refractivity contribution in [3.8, 4) is 11.6 Å². The Morgan fingerprint density at radius 2 is 1.82 bits per heavy atom. The van der Waals surface area contributed by atoms with E-state index >= 15 is 0 Å². The molecular weight excluding hydrogens is 282 g/mol. The maximum absolute atomic E-state index is 10.8. The summed E-state index contributed by atoms with van der Waals surface area (Å²) in [7, 11) is -4.20. The molecule has 0 aliphatic carbocycles. The summed E-state index contributed by atoms with van der Waals surface area (Å²) in [5.74, 6) is -0.0143. The van der Waals surface area contributed by atoms with Crippen LogP contribution in [0, 0.1) is 3.95 Å². The van der Waals surface area contributed by atoms with Gasteiger partial charge in [0, 0.05) is 0 Å². The van der Waals surface area contributed by atoms with Gasteiger partial charge in [-0.2, -0.15) is 8.42 Å². The molecule has 0 bridgehead atoms. The van der Waals surface area contributed by atoms with Gasteiger partial charge in [0.15, 0.2) is 3.95 Å². The van der Waals surface area contributed by atoms with Crippen LogP contribution in [0.1, 0.15) is 0 Å². The standard InChI is InChI=1S/C9H7NO4S3/c11-8-5-16-9(15)10(8)6-1-3-7(4-2-6)17(12,13)14/h1-5,11H,(H,12,13,14). The Morgan fingerprint density at radius 1 is 1.24 bits per heavy atom. The summed E-state index contributed by atoms with van der Waals surface area (Å²) in [5, 5.41) is 11.0. The van der Waals surface area contributed by atoms with E-state index in [2.05, 4.69) is 0 Å². The summed E-state index contributed by atoms with van der Waals surface area (Å²) in [4.78, 5) is -0.206. The topological polar surface area (TPSA) is 79.5 Å². The maximum Gasteiger partial charge on any atom is 0.294 e. The van der Waals surface area contributed by atoms with Crippen molar-refractivity contribution in [2.24, 2.45) is 0 Å². The number of aromatic nitrogens is 1. The lowest BCUT2D eigenvalue weighted by atomic mass is 10.3. The molecule has 8 heteroatoms. The molecule has 0 saturated heterocycles. The van der Waals surface area contributed by atoms with E-state index in [4.69, 9.17) is 16.8 Å². The minimum atomic E-state index is -4.20. The van der Waals surface area contributed by atoms with Gasteiger partial charge in [-0.05, 0) is 36.5 Å². The molecule has 5 nitrogen and oxygen atoms in total. The first-order valence-electron chi connectivity index (χ1n) is 4.37. The van der Waals surface area contributed by atoms with Crippen molar-refractivity contribution >= 4 is 33.7 Å². The number of thiazole rings is 1. The molecule has 0 spiro atoms. The van der Waals surface area contributed by atoms with Crippen LogP contribution in [0.3, 0.4) is 0 Å². The molecule has 2 N–H and O–H groups in total. The third-order valence-electron chi connectivity index (χ3n) is 2.07. The predicted molar refractivity (Wildman–Crippen MR) is 66.0 cm³/mol. The Morgan fingerprint density at radius 3 is 2.24 bits per heavy atom. The second-order valence-electron chi connectivity index (χ2n) is 3.16. The van der Waals surface area contributed by atoms with E-state index in [1.807, 2.05) is 0 Å². The molecule has 0 aliphatic heterocycles. The average Bonchev–Trinajstić information content (AvgIpc) is 2.58. The first kappa shape index (κ1) is 12.2. The van der Waals surface area contributed by atoms with Crippen LogP contribution < -0.4 is 0 Å². The van der Waals surface area contributed by atoms with Gasteiger partial charge in [0.2, 0.25) is 5.88 Å². The molecule has 0 atom stereocenters. The van der Waals surface area contributed by atoms with Crippen LogP contribution in [0.25, 0.3) is 5.69 Å². The molecular formula is C9H7NO4S3. The molecule has 0 aliphatic rings. The Kier molecular flexibility index (Phi) is 3.04. The van der Waals surface area contributed by atoms with Crippen LogP contribution in [0.5, 0.6) is 5.88 Å².